The maximum Gasteiger partial charge on any atom is 0.260 e. The van der Waals surface area contributed by atoms with Crippen molar-refractivity contribution in [2.24, 2.45) is 0 Å². The van der Waals surface area contributed by atoms with Gasteiger partial charge >= 0.3 is 0 Å². The fourth-order valence-electron chi connectivity index (χ4n) is 5.14. The Morgan fingerprint density at radius 1 is 1.03 bits per heavy atom. The molecule has 30 heavy (non-hydrogen) atoms. The van der Waals surface area contributed by atoms with E-state index >= 15 is 0 Å². The Morgan fingerprint density at radius 3 is 2.53 bits per heavy atom. The molecule has 0 unspecified atom stereocenters. The van der Waals surface area contributed by atoms with Crippen molar-refractivity contribution in [1.29, 1.82) is 0 Å². The summed E-state index contributed by atoms with van der Waals surface area (Å²) in [7, 11) is 0. The van der Waals surface area contributed by atoms with E-state index in [1.54, 1.807) is 0 Å². The molecule has 0 aliphatic carbocycles. The molecule has 1 atom stereocenters. The average molecular weight is 408 g/mol. The molecule has 3 fully saturated rings. The normalized spacial score (nSPS) is 23.6. The maximum absolute atomic E-state index is 12.7. The lowest BCUT2D eigenvalue weighted by molar-refractivity contribution is -0.178. The van der Waals surface area contributed by atoms with Gasteiger partial charge in [-0.3, -0.25) is 14.6 Å². The Balaban J connectivity index is 1.23. The SMILES string of the molecule is O=C(COc1ccccc1)N1CC2(CN(Cc3ccccc3)C[C@@H]3COCCN32)C1. The van der Waals surface area contributed by atoms with E-state index in [9.17, 15) is 4.79 Å². The summed E-state index contributed by atoms with van der Waals surface area (Å²) >= 11 is 0. The number of piperazine rings is 1. The molecule has 2 aromatic carbocycles. The lowest BCUT2D eigenvalue weighted by Crippen LogP contribution is -2.81. The Labute approximate surface area is 178 Å². The van der Waals surface area contributed by atoms with Gasteiger partial charge in [-0.2, -0.15) is 0 Å². The number of amides is 1. The minimum absolute atomic E-state index is 0.0316. The summed E-state index contributed by atoms with van der Waals surface area (Å²) in [6, 6.07) is 20.6. The van der Waals surface area contributed by atoms with Crippen molar-refractivity contribution < 1.29 is 14.3 Å². The zero-order valence-electron chi connectivity index (χ0n) is 17.3. The van der Waals surface area contributed by atoms with E-state index in [0.717, 1.165) is 58.2 Å². The number of carbonyl (C=O) groups excluding carboxylic acids is 1. The average Bonchev–Trinajstić information content (AvgIpc) is 2.76. The molecule has 1 amide bonds. The molecule has 3 aliphatic heterocycles. The first-order valence-corrected chi connectivity index (χ1v) is 10.8. The van der Waals surface area contributed by atoms with Crippen LogP contribution >= 0.6 is 0 Å². The minimum Gasteiger partial charge on any atom is -0.484 e. The first-order valence-electron chi connectivity index (χ1n) is 10.8. The molecule has 0 radical (unpaired) electrons. The van der Waals surface area contributed by atoms with Crippen molar-refractivity contribution in [2.45, 2.75) is 18.1 Å². The second kappa shape index (κ2) is 8.38. The fourth-order valence-corrected chi connectivity index (χ4v) is 5.14. The van der Waals surface area contributed by atoms with Gasteiger partial charge in [-0.25, -0.2) is 0 Å². The highest BCUT2D eigenvalue weighted by atomic mass is 16.5. The van der Waals surface area contributed by atoms with Gasteiger partial charge in [0.05, 0.1) is 18.8 Å². The number of ether oxygens (including phenoxy) is 2. The summed E-state index contributed by atoms with van der Waals surface area (Å²) < 4.78 is 11.5. The Hall–Kier alpha value is -2.41. The van der Waals surface area contributed by atoms with E-state index in [0.29, 0.717) is 6.04 Å². The second-order valence-corrected chi connectivity index (χ2v) is 8.65. The van der Waals surface area contributed by atoms with Crippen molar-refractivity contribution in [3.63, 3.8) is 0 Å². The molecule has 1 spiro atoms. The Bertz CT molecular complexity index is 855. The molecule has 0 N–H and O–H groups in total. The van der Waals surface area contributed by atoms with Crippen LogP contribution in [-0.2, 0) is 16.1 Å². The second-order valence-electron chi connectivity index (χ2n) is 8.65. The molecule has 3 aliphatic rings. The number of carbonyl (C=O) groups is 1. The summed E-state index contributed by atoms with van der Waals surface area (Å²) in [6.45, 7) is 7.09. The molecule has 5 rings (SSSR count). The maximum atomic E-state index is 12.7. The number of rotatable bonds is 5. The largest absolute Gasteiger partial charge is 0.484 e. The number of benzene rings is 2. The molecule has 2 aromatic rings. The van der Waals surface area contributed by atoms with Gasteiger partial charge in [0.25, 0.3) is 5.91 Å². The van der Waals surface area contributed by atoms with E-state index in [4.69, 9.17) is 9.47 Å². The van der Waals surface area contributed by atoms with Gasteiger partial charge in [0, 0.05) is 45.3 Å². The first-order chi connectivity index (χ1) is 14.7. The molecule has 6 heteroatoms. The predicted molar refractivity (Wildman–Crippen MR) is 114 cm³/mol. The third-order valence-corrected chi connectivity index (χ3v) is 6.50. The smallest absolute Gasteiger partial charge is 0.260 e. The molecular formula is C24H29N3O3. The van der Waals surface area contributed by atoms with Crippen molar-refractivity contribution in [3.8, 4) is 5.75 Å². The number of hydrogen-bond acceptors (Lipinski definition) is 5. The summed E-state index contributed by atoms with van der Waals surface area (Å²) in [5.74, 6) is 0.801. The van der Waals surface area contributed by atoms with Crippen molar-refractivity contribution in [1.82, 2.24) is 14.7 Å². The van der Waals surface area contributed by atoms with Crippen LogP contribution in [0.3, 0.4) is 0 Å². The van der Waals surface area contributed by atoms with Crippen LogP contribution in [0.2, 0.25) is 0 Å². The van der Waals surface area contributed by atoms with E-state index < -0.39 is 0 Å². The van der Waals surface area contributed by atoms with E-state index in [1.807, 2.05) is 35.2 Å². The van der Waals surface area contributed by atoms with E-state index in [2.05, 4.69) is 40.1 Å². The molecule has 3 heterocycles. The number of para-hydroxylation sites is 1. The highest BCUT2D eigenvalue weighted by Gasteiger charge is 2.55. The molecular weight excluding hydrogens is 378 g/mol. The third kappa shape index (κ3) is 3.95. The van der Waals surface area contributed by atoms with Crippen molar-refractivity contribution in [3.05, 3.63) is 66.2 Å². The summed E-state index contributed by atoms with van der Waals surface area (Å²) in [4.78, 5) is 19.8. The van der Waals surface area contributed by atoms with Crippen LogP contribution in [0.4, 0.5) is 0 Å². The summed E-state index contributed by atoms with van der Waals surface area (Å²) in [6.07, 6.45) is 0. The predicted octanol–water partition coefficient (Wildman–Crippen LogP) is 1.86. The van der Waals surface area contributed by atoms with Gasteiger partial charge in [0.1, 0.15) is 5.75 Å². The van der Waals surface area contributed by atoms with Crippen LogP contribution in [0.5, 0.6) is 5.75 Å². The molecule has 0 bridgehead atoms. The van der Waals surface area contributed by atoms with Crippen LogP contribution in [0, 0.1) is 0 Å². The monoisotopic (exact) mass is 407 g/mol. The van der Waals surface area contributed by atoms with Crippen LogP contribution in [-0.4, -0.2) is 84.7 Å². The van der Waals surface area contributed by atoms with Crippen LogP contribution < -0.4 is 4.74 Å². The van der Waals surface area contributed by atoms with Gasteiger partial charge < -0.3 is 14.4 Å². The zero-order valence-corrected chi connectivity index (χ0v) is 17.3. The van der Waals surface area contributed by atoms with Gasteiger partial charge in [-0.1, -0.05) is 48.5 Å². The molecule has 3 saturated heterocycles. The Kier molecular flexibility index (Phi) is 5.46. The fraction of sp³-hybridized carbons (Fsp3) is 0.458. The van der Waals surface area contributed by atoms with Crippen LogP contribution in [0.1, 0.15) is 5.56 Å². The third-order valence-electron chi connectivity index (χ3n) is 6.50. The standard InChI is InChI=1S/C24H29N3O3/c28-23(16-30-22-9-5-2-6-10-22)26-18-24(19-26)17-25(13-20-7-3-1-4-8-20)14-21-15-29-12-11-27(21)24/h1-10,21H,11-19H2/t21-/m1/s1. The topological polar surface area (TPSA) is 45.3 Å². The molecule has 6 nitrogen and oxygen atoms in total. The minimum atomic E-state index is 0.0316. The van der Waals surface area contributed by atoms with Crippen molar-refractivity contribution in [2.75, 3.05) is 52.5 Å². The molecule has 0 saturated carbocycles. The number of hydrogen-bond donors (Lipinski definition) is 0. The highest BCUT2D eigenvalue weighted by Crippen LogP contribution is 2.36. The number of likely N-dealkylation sites (tertiary alicyclic amines) is 1. The van der Waals surface area contributed by atoms with Gasteiger partial charge in [0.15, 0.2) is 6.61 Å². The lowest BCUT2D eigenvalue weighted by Gasteiger charge is -2.63. The van der Waals surface area contributed by atoms with Crippen molar-refractivity contribution >= 4 is 5.91 Å². The van der Waals surface area contributed by atoms with Crippen LogP contribution in [0.25, 0.3) is 0 Å². The molecule has 158 valence electrons. The van der Waals surface area contributed by atoms with Gasteiger partial charge in [-0.15, -0.1) is 0 Å². The van der Waals surface area contributed by atoms with Crippen LogP contribution in [0.15, 0.2) is 60.7 Å². The number of morpholine rings is 1. The van der Waals surface area contributed by atoms with Gasteiger partial charge in [-0.05, 0) is 17.7 Å². The Morgan fingerprint density at radius 2 is 1.77 bits per heavy atom. The first kappa shape index (κ1) is 19.5. The quantitative estimate of drug-likeness (QED) is 0.757. The number of fused-ring (bicyclic) bond motifs is 2. The zero-order chi connectivity index (χ0) is 20.4. The van der Waals surface area contributed by atoms with E-state index in [-0.39, 0.29) is 18.1 Å². The molecule has 0 aromatic heterocycles. The summed E-state index contributed by atoms with van der Waals surface area (Å²) in [5, 5.41) is 0. The summed E-state index contributed by atoms with van der Waals surface area (Å²) in [5.41, 5.74) is 1.37. The van der Waals surface area contributed by atoms with E-state index in [1.165, 1.54) is 5.56 Å². The highest BCUT2D eigenvalue weighted by molar-refractivity contribution is 5.79. The number of nitrogens with zero attached hydrogens (tertiary/aromatic N) is 3. The van der Waals surface area contributed by atoms with Gasteiger partial charge in [0.2, 0.25) is 0 Å². The lowest BCUT2D eigenvalue weighted by atomic mass is 9.82.